The number of hydrogen-bond acceptors (Lipinski definition) is 4. The number of amides is 2. The van der Waals surface area contributed by atoms with Gasteiger partial charge in [0, 0.05) is 16.3 Å². The smallest absolute Gasteiger partial charge is 0.266 e. The number of para-hydroxylation sites is 1. The molecule has 1 heterocycles. The van der Waals surface area contributed by atoms with E-state index in [1.165, 1.54) is 4.90 Å². The summed E-state index contributed by atoms with van der Waals surface area (Å²) in [6, 6.07) is 18.0. The number of aryl methyl sites for hydroxylation is 2. The van der Waals surface area contributed by atoms with E-state index in [2.05, 4.69) is 0 Å². The lowest BCUT2D eigenvalue weighted by Gasteiger charge is -2.21. The maximum atomic E-state index is 13.5. The molecule has 3 aromatic rings. The second-order valence-electron chi connectivity index (χ2n) is 7.51. The minimum Gasteiger partial charge on any atom is -0.282 e. The van der Waals surface area contributed by atoms with Gasteiger partial charge >= 0.3 is 0 Å². The van der Waals surface area contributed by atoms with Crippen molar-refractivity contribution in [2.45, 2.75) is 32.4 Å². The van der Waals surface area contributed by atoms with Crippen LogP contribution in [-0.4, -0.2) is 16.9 Å². The Morgan fingerprint density at radius 3 is 2.12 bits per heavy atom. The van der Waals surface area contributed by atoms with E-state index in [9.17, 15) is 14.4 Å². The SMILES string of the molecule is CCc1cccc(CC)c1N1C(=O)c2cccc(C(=O)SCc3ccc(Cl)cc3)c2C1=O. The third-order valence-electron chi connectivity index (χ3n) is 5.61. The summed E-state index contributed by atoms with van der Waals surface area (Å²) in [5.41, 5.74) is 4.21. The normalized spacial score (nSPS) is 12.9. The molecular weight excluding hydrogens is 442 g/mol. The molecule has 0 radical (unpaired) electrons. The van der Waals surface area contributed by atoms with E-state index in [0.29, 0.717) is 29.3 Å². The summed E-state index contributed by atoms with van der Waals surface area (Å²) in [6.45, 7) is 4.00. The second kappa shape index (κ2) is 9.31. The van der Waals surface area contributed by atoms with Gasteiger partial charge in [0.25, 0.3) is 11.8 Å². The number of fused-ring (bicyclic) bond motifs is 1. The zero-order valence-corrected chi connectivity index (χ0v) is 19.4. The maximum absolute atomic E-state index is 13.5. The first-order valence-electron chi connectivity index (χ1n) is 10.5. The van der Waals surface area contributed by atoms with Crippen molar-refractivity contribution in [1.29, 1.82) is 0 Å². The summed E-state index contributed by atoms with van der Waals surface area (Å²) in [5, 5.41) is 0.397. The number of anilines is 1. The van der Waals surface area contributed by atoms with Crippen LogP contribution in [-0.2, 0) is 18.6 Å². The number of benzene rings is 3. The molecule has 1 aliphatic heterocycles. The third kappa shape index (κ3) is 3.98. The Labute approximate surface area is 196 Å². The summed E-state index contributed by atoms with van der Waals surface area (Å²) in [6.07, 6.45) is 1.39. The molecule has 162 valence electrons. The zero-order valence-electron chi connectivity index (χ0n) is 17.9. The van der Waals surface area contributed by atoms with E-state index in [0.717, 1.165) is 28.5 Å². The van der Waals surface area contributed by atoms with Crippen molar-refractivity contribution in [3.8, 4) is 0 Å². The number of carbonyl (C=O) groups excluding carboxylic acids is 3. The van der Waals surface area contributed by atoms with Crippen LogP contribution >= 0.6 is 23.4 Å². The Morgan fingerprint density at radius 2 is 1.50 bits per heavy atom. The number of hydrogen-bond donors (Lipinski definition) is 0. The van der Waals surface area contributed by atoms with Crippen LogP contribution in [0.25, 0.3) is 0 Å². The van der Waals surface area contributed by atoms with Crippen molar-refractivity contribution in [3.63, 3.8) is 0 Å². The van der Waals surface area contributed by atoms with Crippen LogP contribution in [0.2, 0.25) is 5.02 Å². The highest BCUT2D eigenvalue weighted by atomic mass is 35.5. The van der Waals surface area contributed by atoms with Gasteiger partial charge in [-0.05, 0) is 53.8 Å². The van der Waals surface area contributed by atoms with Crippen molar-refractivity contribution in [1.82, 2.24) is 0 Å². The largest absolute Gasteiger partial charge is 0.282 e. The van der Waals surface area contributed by atoms with E-state index in [1.807, 2.05) is 44.2 Å². The van der Waals surface area contributed by atoms with Gasteiger partial charge in [-0.25, -0.2) is 4.90 Å². The fraction of sp³-hybridized carbons (Fsp3) is 0.192. The molecule has 4 rings (SSSR count). The van der Waals surface area contributed by atoms with E-state index < -0.39 is 5.91 Å². The van der Waals surface area contributed by atoms with Crippen LogP contribution < -0.4 is 4.90 Å². The monoisotopic (exact) mass is 463 g/mol. The quantitative estimate of drug-likeness (QED) is 0.400. The molecule has 0 unspecified atom stereocenters. The van der Waals surface area contributed by atoms with E-state index in [4.69, 9.17) is 11.6 Å². The molecular formula is C26H22ClNO3S. The first-order chi connectivity index (χ1) is 15.5. The first-order valence-corrected chi connectivity index (χ1v) is 11.9. The van der Waals surface area contributed by atoms with Gasteiger partial charge in [-0.1, -0.05) is 73.6 Å². The molecule has 0 aliphatic carbocycles. The standard InChI is InChI=1S/C26H22ClNO3S/c1-3-17-7-5-8-18(4-2)23(17)28-24(29)20-9-6-10-21(22(20)25(28)30)26(31)32-15-16-11-13-19(27)14-12-16/h5-14H,3-4,15H2,1-2H3. The van der Waals surface area contributed by atoms with Crippen molar-refractivity contribution < 1.29 is 14.4 Å². The molecule has 2 amide bonds. The summed E-state index contributed by atoms with van der Waals surface area (Å²) < 4.78 is 0. The third-order valence-corrected chi connectivity index (χ3v) is 6.82. The van der Waals surface area contributed by atoms with Gasteiger partial charge in [0.05, 0.1) is 16.8 Å². The molecule has 6 heteroatoms. The molecule has 4 nitrogen and oxygen atoms in total. The van der Waals surface area contributed by atoms with Crippen LogP contribution in [0.4, 0.5) is 5.69 Å². The Balaban J connectivity index is 1.68. The lowest BCUT2D eigenvalue weighted by molar-refractivity contribution is 0.0922. The fourth-order valence-electron chi connectivity index (χ4n) is 3.97. The highest BCUT2D eigenvalue weighted by Crippen LogP contribution is 2.36. The van der Waals surface area contributed by atoms with Crippen molar-refractivity contribution in [2.75, 3.05) is 4.90 Å². The van der Waals surface area contributed by atoms with Crippen LogP contribution in [0, 0.1) is 0 Å². The molecule has 0 aromatic heterocycles. The molecule has 0 saturated carbocycles. The Bertz CT molecular complexity index is 1200. The molecule has 0 saturated heterocycles. The van der Waals surface area contributed by atoms with Crippen molar-refractivity contribution in [2.24, 2.45) is 0 Å². The molecule has 0 bridgehead atoms. The lowest BCUT2D eigenvalue weighted by atomic mass is 10.0. The zero-order chi connectivity index (χ0) is 22.8. The van der Waals surface area contributed by atoms with E-state index in [-0.39, 0.29) is 27.7 Å². The highest BCUT2D eigenvalue weighted by Gasteiger charge is 2.41. The van der Waals surface area contributed by atoms with Gasteiger partial charge in [0.1, 0.15) is 0 Å². The topological polar surface area (TPSA) is 54.5 Å². The Kier molecular flexibility index (Phi) is 6.49. The second-order valence-corrected chi connectivity index (χ2v) is 8.89. The maximum Gasteiger partial charge on any atom is 0.266 e. The van der Waals surface area contributed by atoms with Gasteiger partial charge in [-0.2, -0.15) is 0 Å². The van der Waals surface area contributed by atoms with E-state index >= 15 is 0 Å². The minimum absolute atomic E-state index is 0.194. The molecule has 3 aromatic carbocycles. The van der Waals surface area contributed by atoms with Crippen LogP contribution in [0.15, 0.2) is 60.7 Å². The number of carbonyl (C=O) groups is 3. The molecule has 0 atom stereocenters. The number of imide groups is 1. The van der Waals surface area contributed by atoms with E-state index in [1.54, 1.807) is 30.3 Å². The van der Waals surface area contributed by atoms with Crippen LogP contribution in [0.3, 0.4) is 0 Å². The number of rotatable bonds is 6. The highest BCUT2D eigenvalue weighted by molar-refractivity contribution is 8.13. The van der Waals surface area contributed by atoms with Gasteiger partial charge < -0.3 is 0 Å². The van der Waals surface area contributed by atoms with Crippen molar-refractivity contribution >= 4 is 46.0 Å². The summed E-state index contributed by atoms with van der Waals surface area (Å²) in [5.74, 6) is -0.362. The summed E-state index contributed by atoms with van der Waals surface area (Å²) >= 11 is 7.03. The number of nitrogens with zero attached hydrogens (tertiary/aromatic N) is 1. The molecule has 0 spiro atoms. The van der Waals surface area contributed by atoms with Crippen LogP contribution in [0.5, 0.6) is 0 Å². The first kappa shape index (κ1) is 22.3. The lowest BCUT2D eigenvalue weighted by Crippen LogP contribution is -2.31. The minimum atomic E-state index is -0.434. The average Bonchev–Trinajstić information content (AvgIpc) is 3.07. The van der Waals surface area contributed by atoms with Gasteiger partial charge in [-0.15, -0.1) is 0 Å². The van der Waals surface area contributed by atoms with Gasteiger partial charge in [-0.3, -0.25) is 14.4 Å². The Hall–Kier alpha value is -2.89. The summed E-state index contributed by atoms with van der Waals surface area (Å²) in [7, 11) is 0. The average molecular weight is 464 g/mol. The predicted octanol–water partition coefficient (Wildman–Crippen LogP) is 6.34. The molecule has 1 aliphatic rings. The predicted molar refractivity (Wildman–Crippen MR) is 130 cm³/mol. The summed E-state index contributed by atoms with van der Waals surface area (Å²) in [4.78, 5) is 41.1. The number of thioether (sulfide) groups is 1. The number of halogens is 1. The molecule has 32 heavy (non-hydrogen) atoms. The van der Waals surface area contributed by atoms with Crippen LogP contribution in [0.1, 0.15) is 61.6 Å². The van der Waals surface area contributed by atoms with Crippen molar-refractivity contribution in [3.05, 3.63) is 99.1 Å². The Morgan fingerprint density at radius 1 is 0.875 bits per heavy atom. The molecule has 0 fully saturated rings. The van der Waals surface area contributed by atoms with Gasteiger partial charge in [0.15, 0.2) is 0 Å². The fourth-order valence-corrected chi connectivity index (χ4v) is 4.91. The molecule has 0 N–H and O–H groups in total. The van der Waals surface area contributed by atoms with Gasteiger partial charge in [0.2, 0.25) is 5.12 Å².